The molecule has 5 nitrogen and oxygen atoms in total. The van der Waals surface area contributed by atoms with Crippen molar-refractivity contribution >= 4 is 0 Å². The topological polar surface area (TPSA) is 57.4 Å². The maximum Gasteiger partial charge on any atom is 0.248 e. The van der Waals surface area contributed by atoms with Crippen LogP contribution in [0, 0.1) is 0 Å². The second-order valence-electron chi connectivity index (χ2n) is 5.94. The first-order valence-electron chi connectivity index (χ1n) is 8.57. The number of aromatic nitrogens is 2. The van der Waals surface area contributed by atoms with Crippen molar-refractivity contribution in [1.82, 2.24) is 10.2 Å². The van der Waals surface area contributed by atoms with Crippen LogP contribution < -0.4 is 9.47 Å². The highest BCUT2D eigenvalue weighted by molar-refractivity contribution is 5.57. The zero-order valence-corrected chi connectivity index (χ0v) is 14.8. The fourth-order valence-electron chi connectivity index (χ4n) is 2.64. The molecule has 0 aliphatic heterocycles. The first-order chi connectivity index (χ1) is 13.3. The predicted octanol–water partition coefficient (Wildman–Crippen LogP) is 4.99. The molecule has 5 heteroatoms. The smallest absolute Gasteiger partial charge is 0.248 e. The summed E-state index contributed by atoms with van der Waals surface area (Å²) in [6.45, 7) is 0.465. The van der Waals surface area contributed by atoms with Crippen molar-refractivity contribution < 1.29 is 13.9 Å². The van der Waals surface area contributed by atoms with Crippen molar-refractivity contribution in [3.05, 3.63) is 84.4 Å². The average molecular weight is 358 g/mol. The minimum atomic E-state index is 0.465. The Balaban J connectivity index is 1.44. The third-order valence-corrected chi connectivity index (χ3v) is 4.09. The molecule has 4 aromatic rings. The standard InChI is InChI=1S/C22H18N2O3/c1-25-19-8-5-9-20(14-19)26-15-16-10-12-18(13-11-16)22-24-23-21(27-22)17-6-3-2-4-7-17/h2-14H,15H2,1H3. The van der Waals surface area contributed by atoms with Crippen LogP contribution in [0.4, 0.5) is 0 Å². The van der Waals surface area contributed by atoms with Crippen LogP contribution >= 0.6 is 0 Å². The van der Waals surface area contributed by atoms with Gasteiger partial charge >= 0.3 is 0 Å². The van der Waals surface area contributed by atoms with Crippen LogP contribution in [0.3, 0.4) is 0 Å². The Kier molecular flexibility index (Phi) is 4.83. The molecule has 0 unspecified atom stereocenters. The lowest BCUT2D eigenvalue weighted by Gasteiger charge is -2.08. The van der Waals surface area contributed by atoms with Crippen LogP contribution in [0.15, 0.2) is 83.3 Å². The van der Waals surface area contributed by atoms with Crippen LogP contribution in [0.5, 0.6) is 11.5 Å². The summed E-state index contributed by atoms with van der Waals surface area (Å²) in [5.74, 6) is 2.54. The number of hydrogen-bond donors (Lipinski definition) is 0. The van der Waals surface area contributed by atoms with E-state index in [0.29, 0.717) is 18.4 Å². The van der Waals surface area contributed by atoms with Crippen molar-refractivity contribution in [3.8, 4) is 34.4 Å². The predicted molar refractivity (Wildman–Crippen MR) is 102 cm³/mol. The highest BCUT2D eigenvalue weighted by Gasteiger charge is 2.10. The largest absolute Gasteiger partial charge is 0.497 e. The molecule has 134 valence electrons. The quantitative estimate of drug-likeness (QED) is 0.486. The Labute approximate surface area is 157 Å². The minimum Gasteiger partial charge on any atom is -0.497 e. The van der Waals surface area contributed by atoms with E-state index in [2.05, 4.69) is 10.2 Å². The zero-order chi connectivity index (χ0) is 18.5. The van der Waals surface area contributed by atoms with Gasteiger partial charge in [-0.1, -0.05) is 36.4 Å². The first kappa shape index (κ1) is 16.8. The van der Waals surface area contributed by atoms with E-state index < -0.39 is 0 Å². The van der Waals surface area contributed by atoms with Gasteiger partial charge in [0, 0.05) is 17.2 Å². The maximum absolute atomic E-state index is 5.81. The van der Waals surface area contributed by atoms with Crippen LogP contribution in [-0.4, -0.2) is 17.3 Å². The van der Waals surface area contributed by atoms with E-state index in [1.165, 1.54) is 0 Å². The molecule has 0 fully saturated rings. The number of rotatable bonds is 6. The Bertz CT molecular complexity index is 1010. The van der Waals surface area contributed by atoms with Crippen LogP contribution in [0.2, 0.25) is 0 Å². The molecule has 1 heterocycles. The molecular weight excluding hydrogens is 340 g/mol. The Morgan fingerprint density at radius 1 is 0.741 bits per heavy atom. The van der Waals surface area contributed by atoms with Crippen molar-refractivity contribution in [2.75, 3.05) is 7.11 Å². The lowest BCUT2D eigenvalue weighted by molar-refractivity contribution is 0.303. The van der Waals surface area contributed by atoms with Crippen LogP contribution in [-0.2, 0) is 6.61 Å². The van der Waals surface area contributed by atoms with Crippen LogP contribution in [0.1, 0.15) is 5.56 Å². The normalized spacial score (nSPS) is 10.6. The minimum absolute atomic E-state index is 0.465. The van der Waals surface area contributed by atoms with Gasteiger partial charge in [0.2, 0.25) is 11.8 Å². The van der Waals surface area contributed by atoms with Crippen molar-refractivity contribution in [3.63, 3.8) is 0 Å². The summed E-state index contributed by atoms with van der Waals surface area (Å²) in [4.78, 5) is 0. The molecule has 0 aliphatic rings. The molecule has 0 saturated carbocycles. The first-order valence-corrected chi connectivity index (χ1v) is 8.57. The van der Waals surface area contributed by atoms with E-state index in [0.717, 1.165) is 28.2 Å². The van der Waals surface area contributed by atoms with Gasteiger partial charge in [0.1, 0.15) is 18.1 Å². The number of methoxy groups -OCH3 is 1. The van der Waals surface area contributed by atoms with Gasteiger partial charge in [0.15, 0.2) is 0 Å². The van der Waals surface area contributed by atoms with Gasteiger partial charge < -0.3 is 13.9 Å². The molecule has 0 atom stereocenters. The van der Waals surface area contributed by atoms with E-state index in [4.69, 9.17) is 13.9 Å². The van der Waals surface area contributed by atoms with Crippen LogP contribution in [0.25, 0.3) is 22.9 Å². The van der Waals surface area contributed by atoms with Gasteiger partial charge in [-0.25, -0.2) is 0 Å². The van der Waals surface area contributed by atoms with Crippen molar-refractivity contribution in [2.24, 2.45) is 0 Å². The van der Waals surface area contributed by atoms with Gasteiger partial charge in [-0.3, -0.25) is 0 Å². The van der Waals surface area contributed by atoms with Gasteiger partial charge in [-0.2, -0.15) is 0 Å². The third kappa shape index (κ3) is 3.98. The molecule has 0 saturated heterocycles. The van der Waals surface area contributed by atoms with Gasteiger partial charge in [-0.05, 0) is 42.0 Å². The zero-order valence-electron chi connectivity index (χ0n) is 14.8. The Morgan fingerprint density at radius 3 is 2.11 bits per heavy atom. The Morgan fingerprint density at radius 2 is 1.41 bits per heavy atom. The lowest BCUT2D eigenvalue weighted by atomic mass is 10.1. The SMILES string of the molecule is COc1cccc(OCc2ccc(-c3nnc(-c4ccccc4)o3)cc2)c1. The molecule has 0 spiro atoms. The lowest BCUT2D eigenvalue weighted by Crippen LogP contribution is -1.95. The molecule has 3 aromatic carbocycles. The van der Waals surface area contributed by atoms with E-state index in [-0.39, 0.29) is 0 Å². The van der Waals surface area contributed by atoms with Gasteiger partial charge in [-0.15, -0.1) is 10.2 Å². The van der Waals surface area contributed by atoms with Crippen molar-refractivity contribution in [2.45, 2.75) is 6.61 Å². The Hall–Kier alpha value is -3.60. The van der Waals surface area contributed by atoms with Gasteiger partial charge in [0.25, 0.3) is 0 Å². The molecule has 0 amide bonds. The average Bonchev–Trinajstić information content (AvgIpc) is 3.24. The summed E-state index contributed by atoms with van der Waals surface area (Å²) < 4.78 is 16.8. The fraction of sp³-hybridized carbons (Fsp3) is 0.0909. The van der Waals surface area contributed by atoms with Gasteiger partial charge in [0.05, 0.1) is 7.11 Å². The molecule has 0 radical (unpaired) electrons. The molecular formula is C22H18N2O3. The molecule has 1 aromatic heterocycles. The molecule has 27 heavy (non-hydrogen) atoms. The van der Waals surface area contributed by atoms with Crippen molar-refractivity contribution in [1.29, 1.82) is 0 Å². The molecule has 0 bridgehead atoms. The number of benzene rings is 3. The summed E-state index contributed by atoms with van der Waals surface area (Å²) in [6.07, 6.45) is 0. The highest BCUT2D eigenvalue weighted by Crippen LogP contribution is 2.24. The second-order valence-corrected chi connectivity index (χ2v) is 5.94. The van der Waals surface area contributed by atoms with E-state index in [1.807, 2.05) is 78.9 Å². The fourth-order valence-corrected chi connectivity index (χ4v) is 2.64. The molecule has 4 rings (SSSR count). The molecule has 0 aliphatic carbocycles. The summed E-state index contributed by atoms with van der Waals surface area (Å²) in [5, 5.41) is 8.27. The van der Waals surface area contributed by atoms with E-state index >= 15 is 0 Å². The maximum atomic E-state index is 5.81. The third-order valence-electron chi connectivity index (χ3n) is 4.09. The number of hydrogen-bond acceptors (Lipinski definition) is 5. The van der Waals surface area contributed by atoms with E-state index in [1.54, 1.807) is 7.11 Å². The number of nitrogens with zero attached hydrogens (tertiary/aromatic N) is 2. The second kappa shape index (κ2) is 7.74. The monoisotopic (exact) mass is 358 g/mol. The summed E-state index contributed by atoms with van der Waals surface area (Å²) in [7, 11) is 1.64. The summed E-state index contributed by atoms with van der Waals surface area (Å²) >= 11 is 0. The summed E-state index contributed by atoms with van der Waals surface area (Å²) in [6, 6.07) is 25.1. The van der Waals surface area contributed by atoms with E-state index in [9.17, 15) is 0 Å². The summed E-state index contributed by atoms with van der Waals surface area (Å²) in [5.41, 5.74) is 2.82. The highest BCUT2D eigenvalue weighted by atomic mass is 16.5. The number of ether oxygens (including phenoxy) is 2. The molecule has 0 N–H and O–H groups in total.